The first-order valence-corrected chi connectivity index (χ1v) is 5.46. The minimum Gasteiger partial charge on any atom is -0.376 e. The van der Waals surface area contributed by atoms with Crippen LogP contribution in [0.5, 0.6) is 0 Å². The lowest BCUT2D eigenvalue weighted by atomic mass is 10.1. The summed E-state index contributed by atoms with van der Waals surface area (Å²) in [7, 11) is 0. The molecule has 1 aliphatic rings. The zero-order valence-corrected chi connectivity index (χ0v) is 9.34. The predicted molar refractivity (Wildman–Crippen MR) is 59.6 cm³/mol. The Labute approximate surface area is 95.5 Å². The molecule has 0 radical (unpaired) electrons. The number of nitriles is 1. The molecule has 4 heteroatoms. The van der Waals surface area contributed by atoms with Gasteiger partial charge in [0.1, 0.15) is 6.04 Å². The minimum atomic E-state index is -0.208. The van der Waals surface area contributed by atoms with Crippen molar-refractivity contribution in [3.8, 4) is 6.07 Å². The zero-order valence-electron chi connectivity index (χ0n) is 9.34. The van der Waals surface area contributed by atoms with Crippen molar-refractivity contribution in [2.24, 2.45) is 0 Å². The van der Waals surface area contributed by atoms with E-state index in [0.717, 1.165) is 18.7 Å². The van der Waals surface area contributed by atoms with E-state index in [4.69, 9.17) is 4.74 Å². The quantitative estimate of drug-likeness (QED) is 0.750. The van der Waals surface area contributed by atoms with Crippen molar-refractivity contribution >= 4 is 0 Å². The molecule has 1 aromatic rings. The normalized spacial score (nSPS) is 23.6. The predicted octanol–water partition coefficient (Wildman–Crippen LogP) is 1.37. The van der Waals surface area contributed by atoms with E-state index in [9.17, 15) is 5.26 Å². The summed E-state index contributed by atoms with van der Waals surface area (Å²) in [6.07, 6.45) is 3.68. The van der Waals surface area contributed by atoms with Crippen LogP contribution < -0.4 is 0 Å². The molecule has 2 atom stereocenters. The Balaban J connectivity index is 2.14. The van der Waals surface area contributed by atoms with Crippen LogP contribution in [-0.2, 0) is 4.74 Å². The van der Waals surface area contributed by atoms with Crippen LogP contribution in [0.15, 0.2) is 24.5 Å². The maximum absolute atomic E-state index is 9.26. The standard InChI is InChI=1S/C12H15N3O/c1-10-9-15(5-6-16-10)12(7-13)11-3-2-4-14-8-11/h2-4,8,10,12H,5-6,9H2,1H3. The smallest absolute Gasteiger partial charge is 0.125 e. The molecular formula is C12H15N3O. The molecule has 0 spiro atoms. The molecule has 4 nitrogen and oxygen atoms in total. The Kier molecular flexibility index (Phi) is 3.50. The van der Waals surface area contributed by atoms with Crippen molar-refractivity contribution in [3.05, 3.63) is 30.1 Å². The van der Waals surface area contributed by atoms with Gasteiger partial charge in [0.25, 0.3) is 0 Å². The average Bonchev–Trinajstić information content (AvgIpc) is 2.31. The van der Waals surface area contributed by atoms with E-state index in [-0.39, 0.29) is 12.1 Å². The molecule has 0 bridgehead atoms. The monoisotopic (exact) mass is 217 g/mol. The van der Waals surface area contributed by atoms with Gasteiger partial charge in [0.2, 0.25) is 0 Å². The molecule has 2 unspecified atom stereocenters. The van der Waals surface area contributed by atoms with Crippen LogP contribution in [-0.4, -0.2) is 35.7 Å². The largest absolute Gasteiger partial charge is 0.376 e. The lowest BCUT2D eigenvalue weighted by molar-refractivity contribution is -0.0269. The number of ether oxygens (including phenoxy) is 1. The molecule has 0 N–H and O–H groups in total. The van der Waals surface area contributed by atoms with Crippen molar-refractivity contribution in [3.63, 3.8) is 0 Å². The van der Waals surface area contributed by atoms with E-state index >= 15 is 0 Å². The third-order valence-electron chi connectivity index (χ3n) is 2.76. The van der Waals surface area contributed by atoms with Gasteiger partial charge in [0, 0.05) is 31.0 Å². The molecule has 1 aliphatic heterocycles. The maximum atomic E-state index is 9.26. The van der Waals surface area contributed by atoms with Crippen molar-refractivity contribution in [1.82, 2.24) is 9.88 Å². The van der Waals surface area contributed by atoms with E-state index in [1.54, 1.807) is 12.4 Å². The fraction of sp³-hybridized carbons (Fsp3) is 0.500. The number of nitrogens with zero attached hydrogens (tertiary/aromatic N) is 3. The highest BCUT2D eigenvalue weighted by Crippen LogP contribution is 2.21. The van der Waals surface area contributed by atoms with E-state index in [2.05, 4.69) is 16.0 Å². The van der Waals surface area contributed by atoms with Gasteiger partial charge in [-0.15, -0.1) is 0 Å². The summed E-state index contributed by atoms with van der Waals surface area (Å²) in [5.74, 6) is 0. The third kappa shape index (κ3) is 2.38. The third-order valence-corrected chi connectivity index (χ3v) is 2.76. The van der Waals surface area contributed by atoms with Crippen molar-refractivity contribution in [2.45, 2.75) is 19.1 Å². The molecule has 0 amide bonds. The fourth-order valence-corrected chi connectivity index (χ4v) is 1.98. The Morgan fingerprint density at radius 3 is 3.19 bits per heavy atom. The van der Waals surface area contributed by atoms with Crippen molar-refractivity contribution in [1.29, 1.82) is 5.26 Å². The summed E-state index contributed by atoms with van der Waals surface area (Å²) in [4.78, 5) is 6.20. The van der Waals surface area contributed by atoms with E-state index in [1.165, 1.54) is 0 Å². The molecule has 2 rings (SSSR count). The maximum Gasteiger partial charge on any atom is 0.125 e. The summed E-state index contributed by atoms with van der Waals surface area (Å²) in [5, 5.41) is 9.26. The van der Waals surface area contributed by atoms with Gasteiger partial charge in [0.05, 0.1) is 18.8 Å². The van der Waals surface area contributed by atoms with Gasteiger partial charge >= 0.3 is 0 Å². The number of aromatic nitrogens is 1. The molecule has 0 aliphatic carbocycles. The lowest BCUT2D eigenvalue weighted by Crippen LogP contribution is -2.42. The van der Waals surface area contributed by atoms with Gasteiger partial charge in [-0.3, -0.25) is 9.88 Å². The van der Waals surface area contributed by atoms with Crippen LogP contribution in [0.1, 0.15) is 18.5 Å². The van der Waals surface area contributed by atoms with Crippen LogP contribution in [0.2, 0.25) is 0 Å². The van der Waals surface area contributed by atoms with Crippen LogP contribution in [0.25, 0.3) is 0 Å². The second kappa shape index (κ2) is 5.06. The van der Waals surface area contributed by atoms with Gasteiger partial charge < -0.3 is 4.74 Å². The van der Waals surface area contributed by atoms with Gasteiger partial charge in [-0.1, -0.05) is 6.07 Å². The highest BCUT2D eigenvalue weighted by Gasteiger charge is 2.25. The second-order valence-electron chi connectivity index (χ2n) is 3.99. The lowest BCUT2D eigenvalue weighted by Gasteiger charge is -2.34. The molecule has 1 aromatic heterocycles. The number of morpholine rings is 1. The summed E-state index contributed by atoms with van der Waals surface area (Å²) in [6, 6.07) is 5.94. The van der Waals surface area contributed by atoms with E-state index < -0.39 is 0 Å². The van der Waals surface area contributed by atoms with E-state index in [0.29, 0.717) is 6.61 Å². The van der Waals surface area contributed by atoms with Gasteiger partial charge in [0.15, 0.2) is 0 Å². The molecule has 84 valence electrons. The van der Waals surface area contributed by atoms with Crippen molar-refractivity contribution in [2.75, 3.05) is 19.7 Å². The molecule has 0 saturated carbocycles. The summed E-state index contributed by atoms with van der Waals surface area (Å²) in [6.45, 7) is 4.33. The number of rotatable bonds is 2. The van der Waals surface area contributed by atoms with Crippen molar-refractivity contribution < 1.29 is 4.74 Å². The van der Waals surface area contributed by atoms with Crippen LogP contribution in [0, 0.1) is 11.3 Å². The first-order valence-electron chi connectivity index (χ1n) is 5.46. The first kappa shape index (κ1) is 11.1. The second-order valence-corrected chi connectivity index (χ2v) is 3.99. The van der Waals surface area contributed by atoms with Gasteiger partial charge in [-0.25, -0.2) is 0 Å². The molecule has 2 heterocycles. The molecule has 1 fully saturated rings. The topological polar surface area (TPSA) is 49.2 Å². The summed E-state index contributed by atoms with van der Waals surface area (Å²) in [5.41, 5.74) is 0.958. The summed E-state index contributed by atoms with van der Waals surface area (Å²) >= 11 is 0. The Morgan fingerprint density at radius 2 is 2.56 bits per heavy atom. The summed E-state index contributed by atoms with van der Waals surface area (Å²) < 4.78 is 5.47. The molecule has 0 aromatic carbocycles. The van der Waals surface area contributed by atoms with Crippen LogP contribution in [0.4, 0.5) is 0 Å². The van der Waals surface area contributed by atoms with Gasteiger partial charge in [-0.05, 0) is 13.0 Å². The molecular weight excluding hydrogens is 202 g/mol. The Bertz CT molecular complexity index is 374. The minimum absolute atomic E-state index is 0.196. The van der Waals surface area contributed by atoms with Crippen LogP contribution >= 0.6 is 0 Å². The van der Waals surface area contributed by atoms with Crippen LogP contribution in [0.3, 0.4) is 0 Å². The number of hydrogen-bond donors (Lipinski definition) is 0. The first-order chi connectivity index (χ1) is 7.81. The highest BCUT2D eigenvalue weighted by atomic mass is 16.5. The molecule has 1 saturated heterocycles. The Hall–Kier alpha value is -1.44. The zero-order chi connectivity index (χ0) is 11.4. The van der Waals surface area contributed by atoms with Gasteiger partial charge in [-0.2, -0.15) is 5.26 Å². The Morgan fingerprint density at radius 1 is 1.69 bits per heavy atom. The molecule has 16 heavy (non-hydrogen) atoms. The van der Waals surface area contributed by atoms with E-state index in [1.807, 2.05) is 19.1 Å². The fourth-order valence-electron chi connectivity index (χ4n) is 1.98. The number of hydrogen-bond acceptors (Lipinski definition) is 4. The average molecular weight is 217 g/mol. The number of pyridine rings is 1. The SMILES string of the molecule is CC1CN(C(C#N)c2cccnc2)CCO1. The highest BCUT2D eigenvalue weighted by molar-refractivity contribution is 5.20.